The Morgan fingerprint density at radius 3 is 2.46 bits per heavy atom. The van der Waals surface area contributed by atoms with Gasteiger partial charge in [-0.2, -0.15) is 5.10 Å². The number of carbonyl (C=O) groups excluding carboxylic acids is 1. The van der Waals surface area contributed by atoms with Crippen LogP contribution in [-0.2, 0) is 16.6 Å². The summed E-state index contributed by atoms with van der Waals surface area (Å²) in [5.41, 5.74) is 2.00. The number of nitrogens with one attached hydrogen (secondary N) is 2. The Morgan fingerprint density at radius 2 is 1.81 bits per heavy atom. The minimum atomic E-state index is -3.76. The topological polar surface area (TPSA) is 132 Å². The number of carbonyl (C=O) groups is 1. The van der Waals surface area contributed by atoms with Crippen LogP contribution in [0.2, 0.25) is 0 Å². The van der Waals surface area contributed by atoms with E-state index in [1.54, 1.807) is 17.1 Å². The van der Waals surface area contributed by atoms with E-state index in [2.05, 4.69) is 20.7 Å². The zero-order chi connectivity index (χ0) is 18.6. The summed E-state index contributed by atoms with van der Waals surface area (Å²) in [7, 11) is -3.76. The monoisotopic (exact) mass is 372 g/mol. The van der Waals surface area contributed by atoms with E-state index < -0.39 is 16.1 Å². The van der Waals surface area contributed by atoms with Gasteiger partial charge in [0.15, 0.2) is 0 Å². The first kappa shape index (κ1) is 17.6. The molecule has 134 valence electrons. The summed E-state index contributed by atoms with van der Waals surface area (Å²) in [6.45, 7) is 0.534. The molecule has 3 rings (SSSR count). The number of hydrogen-bond donors (Lipinski definition) is 3. The zero-order valence-electron chi connectivity index (χ0n) is 13.5. The number of nitrogens with zero attached hydrogens (tertiary/aromatic N) is 3. The van der Waals surface area contributed by atoms with Crippen molar-refractivity contribution in [3.05, 3.63) is 66.7 Å². The molecule has 2 aromatic carbocycles. The van der Waals surface area contributed by atoms with Crippen molar-refractivity contribution in [3.63, 3.8) is 0 Å². The summed E-state index contributed by atoms with van der Waals surface area (Å²) in [6, 6.07) is 12.4. The van der Waals surface area contributed by atoms with E-state index in [0.29, 0.717) is 17.9 Å². The van der Waals surface area contributed by atoms with Crippen LogP contribution in [0.5, 0.6) is 0 Å². The van der Waals surface area contributed by atoms with Gasteiger partial charge in [-0.1, -0.05) is 12.1 Å². The SMILES string of the molecule is NS(=O)(=O)c1ccc(NC(=O)Nc2cccc(Cn3cncn3)c2)cc1. The molecular formula is C16H16N6O3S. The second-order valence-corrected chi connectivity index (χ2v) is 7.00. The van der Waals surface area contributed by atoms with Crippen LogP contribution in [0.15, 0.2) is 66.1 Å². The predicted molar refractivity (Wildman–Crippen MR) is 96.0 cm³/mol. The van der Waals surface area contributed by atoms with Crippen molar-refractivity contribution in [2.45, 2.75) is 11.4 Å². The van der Waals surface area contributed by atoms with Crippen molar-refractivity contribution in [2.24, 2.45) is 5.14 Å². The molecule has 0 aliphatic heterocycles. The molecule has 0 unspecified atom stereocenters. The van der Waals surface area contributed by atoms with Crippen LogP contribution >= 0.6 is 0 Å². The van der Waals surface area contributed by atoms with Gasteiger partial charge in [0.05, 0.1) is 11.4 Å². The molecule has 0 radical (unpaired) electrons. The van der Waals surface area contributed by atoms with Crippen molar-refractivity contribution in [1.29, 1.82) is 0 Å². The molecular weight excluding hydrogens is 356 g/mol. The smallest absolute Gasteiger partial charge is 0.308 e. The standard InChI is InChI=1S/C16H16N6O3S/c17-26(24,25)15-6-4-13(5-7-15)20-16(23)21-14-3-1-2-12(8-14)9-22-11-18-10-19-22/h1-8,10-11H,9H2,(H2,17,24,25)(H2,20,21,23). The first-order valence-corrected chi connectivity index (χ1v) is 9.07. The van der Waals surface area contributed by atoms with Crippen molar-refractivity contribution in [2.75, 3.05) is 10.6 Å². The van der Waals surface area contributed by atoms with Gasteiger partial charge in [0, 0.05) is 11.4 Å². The Hall–Kier alpha value is -3.24. The van der Waals surface area contributed by atoms with Crippen LogP contribution in [0, 0.1) is 0 Å². The van der Waals surface area contributed by atoms with Gasteiger partial charge >= 0.3 is 6.03 Å². The van der Waals surface area contributed by atoms with Crippen molar-refractivity contribution in [3.8, 4) is 0 Å². The van der Waals surface area contributed by atoms with Crippen molar-refractivity contribution < 1.29 is 13.2 Å². The second-order valence-electron chi connectivity index (χ2n) is 5.44. The molecule has 9 nitrogen and oxygen atoms in total. The van der Waals surface area contributed by atoms with E-state index in [1.165, 1.54) is 30.6 Å². The first-order valence-electron chi connectivity index (χ1n) is 7.52. The third-order valence-electron chi connectivity index (χ3n) is 3.44. The summed E-state index contributed by atoms with van der Waals surface area (Å²) >= 11 is 0. The highest BCUT2D eigenvalue weighted by atomic mass is 32.2. The van der Waals surface area contributed by atoms with Crippen LogP contribution in [0.4, 0.5) is 16.2 Å². The summed E-state index contributed by atoms with van der Waals surface area (Å²) in [4.78, 5) is 16.0. The lowest BCUT2D eigenvalue weighted by molar-refractivity contribution is 0.262. The van der Waals surface area contributed by atoms with Gasteiger partial charge in [-0.3, -0.25) is 0 Å². The fraction of sp³-hybridized carbons (Fsp3) is 0.0625. The Morgan fingerprint density at radius 1 is 1.08 bits per heavy atom. The Balaban J connectivity index is 1.63. The fourth-order valence-corrected chi connectivity index (χ4v) is 2.79. The number of benzene rings is 2. The lowest BCUT2D eigenvalue weighted by atomic mass is 10.2. The van der Waals surface area contributed by atoms with Gasteiger partial charge in [-0.05, 0) is 42.0 Å². The average Bonchev–Trinajstić information content (AvgIpc) is 3.07. The molecule has 1 aromatic heterocycles. The maximum absolute atomic E-state index is 12.1. The highest BCUT2D eigenvalue weighted by Crippen LogP contribution is 2.15. The number of nitrogens with two attached hydrogens (primary N) is 1. The quantitative estimate of drug-likeness (QED) is 0.626. The lowest BCUT2D eigenvalue weighted by Crippen LogP contribution is -2.19. The van der Waals surface area contributed by atoms with Gasteiger partial charge in [-0.15, -0.1) is 0 Å². The van der Waals surface area contributed by atoms with Gasteiger partial charge in [0.2, 0.25) is 10.0 Å². The number of aromatic nitrogens is 3. The number of primary sulfonamides is 1. The summed E-state index contributed by atoms with van der Waals surface area (Å²) in [5.74, 6) is 0. The van der Waals surface area contributed by atoms with Crippen LogP contribution in [-0.4, -0.2) is 29.2 Å². The molecule has 0 aliphatic carbocycles. The minimum Gasteiger partial charge on any atom is -0.308 e. The lowest BCUT2D eigenvalue weighted by Gasteiger charge is -2.09. The van der Waals surface area contributed by atoms with E-state index in [9.17, 15) is 13.2 Å². The molecule has 0 saturated carbocycles. The minimum absolute atomic E-state index is 0.0238. The van der Waals surface area contributed by atoms with E-state index in [1.807, 2.05) is 18.2 Å². The Bertz CT molecular complexity index is 1000. The predicted octanol–water partition coefficient (Wildman–Crippen LogP) is 1.62. The van der Waals surface area contributed by atoms with Crippen LogP contribution in [0.1, 0.15) is 5.56 Å². The fourth-order valence-electron chi connectivity index (χ4n) is 2.27. The molecule has 0 bridgehead atoms. The largest absolute Gasteiger partial charge is 0.323 e. The molecule has 26 heavy (non-hydrogen) atoms. The normalized spacial score (nSPS) is 11.1. The molecule has 0 fully saturated rings. The summed E-state index contributed by atoms with van der Waals surface area (Å²) < 4.78 is 24.1. The maximum Gasteiger partial charge on any atom is 0.323 e. The number of rotatable bonds is 5. The van der Waals surface area contributed by atoms with E-state index in [4.69, 9.17) is 5.14 Å². The van der Waals surface area contributed by atoms with Crippen LogP contribution < -0.4 is 15.8 Å². The van der Waals surface area contributed by atoms with Gasteiger partial charge in [0.1, 0.15) is 12.7 Å². The van der Waals surface area contributed by atoms with Crippen LogP contribution in [0.25, 0.3) is 0 Å². The number of anilines is 2. The summed E-state index contributed by atoms with van der Waals surface area (Å²) in [5, 5.41) is 14.4. The van der Waals surface area contributed by atoms with E-state index in [0.717, 1.165) is 5.56 Å². The number of sulfonamides is 1. The second kappa shape index (κ2) is 7.33. The van der Waals surface area contributed by atoms with Crippen molar-refractivity contribution in [1.82, 2.24) is 14.8 Å². The van der Waals surface area contributed by atoms with Crippen LogP contribution in [0.3, 0.4) is 0 Å². The van der Waals surface area contributed by atoms with E-state index >= 15 is 0 Å². The molecule has 0 aliphatic rings. The molecule has 3 aromatic rings. The maximum atomic E-state index is 12.1. The molecule has 0 saturated heterocycles. The molecule has 1 heterocycles. The molecule has 2 amide bonds. The average molecular weight is 372 g/mol. The molecule has 0 spiro atoms. The Kier molecular flexibility index (Phi) is 4.96. The number of urea groups is 1. The highest BCUT2D eigenvalue weighted by molar-refractivity contribution is 7.89. The zero-order valence-corrected chi connectivity index (χ0v) is 14.3. The van der Waals surface area contributed by atoms with E-state index in [-0.39, 0.29) is 4.90 Å². The number of hydrogen-bond acceptors (Lipinski definition) is 5. The number of amides is 2. The van der Waals surface area contributed by atoms with Gasteiger partial charge < -0.3 is 10.6 Å². The molecule has 10 heteroatoms. The third-order valence-corrected chi connectivity index (χ3v) is 4.37. The van der Waals surface area contributed by atoms with Gasteiger partial charge in [-0.25, -0.2) is 28.0 Å². The Labute approximate surface area is 149 Å². The molecule has 4 N–H and O–H groups in total. The highest BCUT2D eigenvalue weighted by Gasteiger charge is 2.08. The third kappa shape index (κ3) is 4.65. The molecule has 0 atom stereocenters. The first-order chi connectivity index (χ1) is 12.4. The van der Waals surface area contributed by atoms with Crippen molar-refractivity contribution >= 4 is 27.4 Å². The summed E-state index contributed by atoms with van der Waals surface area (Å²) in [6.07, 6.45) is 3.06. The van der Waals surface area contributed by atoms with Gasteiger partial charge in [0.25, 0.3) is 0 Å².